The van der Waals surface area contributed by atoms with Gasteiger partial charge in [-0.15, -0.1) is 0 Å². The third-order valence-corrected chi connectivity index (χ3v) is 3.61. The second-order valence-corrected chi connectivity index (χ2v) is 4.69. The van der Waals surface area contributed by atoms with Crippen LogP contribution in [-0.2, 0) is 19.1 Å². The molecule has 2 atom stereocenters. The fourth-order valence-electron chi connectivity index (χ4n) is 2.64. The lowest BCUT2D eigenvalue weighted by atomic mass is 9.64. The Kier molecular flexibility index (Phi) is 4.69. The van der Waals surface area contributed by atoms with E-state index in [9.17, 15) is 19.5 Å². The summed E-state index contributed by atoms with van der Waals surface area (Å²) in [7, 11) is 0. The highest BCUT2D eigenvalue weighted by Crippen LogP contribution is 2.44. The molecule has 1 saturated carbocycles. The Bertz CT molecular complexity index is 350. The van der Waals surface area contributed by atoms with Crippen molar-refractivity contribution in [2.24, 2.45) is 11.3 Å². The maximum absolute atomic E-state index is 11.5. The van der Waals surface area contributed by atoms with Crippen molar-refractivity contribution in [3.8, 4) is 0 Å². The molecule has 0 bridgehead atoms. The van der Waals surface area contributed by atoms with Gasteiger partial charge in [0, 0.05) is 6.92 Å². The zero-order valence-electron chi connectivity index (χ0n) is 10.3. The predicted octanol–water partition coefficient (Wildman–Crippen LogP) is 1.29. The van der Waals surface area contributed by atoms with Crippen LogP contribution >= 0.6 is 0 Å². The van der Waals surface area contributed by atoms with Gasteiger partial charge in [0.25, 0.3) is 0 Å². The zero-order valence-corrected chi connectivity index (χ0v) is 10.3. The van der Waals surface area contributed by atoms with Gasteiger partial charge in [0.05, 0.1) is 17.9 Å². The number of carbonyl (C=O) groups excluding carboxylic acids is 1. The average molecular weight is 258 g/mol. The number of carbonyl (C=O) groups is 3. The van der Waals surface area contributed by atoms with Gasteiger partial charge >= 0.3 is 17.9 Å². The molecule has 1 aliphatic carbocycles. The first-order valence-corrected chi connectivity index (χ1v) is 6.00. The van der Waals surface area contributed by atoms with Crippen molar-refractivity contribution in [2.75, 3.05) is 6.61 Å². The van der Waals surface area contributed by atoms with Gasteiger partial charge in [-0.25, -0.2) is 0 Å². The monoisotopic (exact) mass is 258 g/mol. The first-order chi connectivity index (χ1) is 8.40. The van der Waals surface area contributed by atoms with Gasteiger partial charge in [-0.1, -0.05) is 12.8 Å². The maximum atomic E-state index is 11.5. The highest BCUT2D eigenvalue weighted by atomic mass is 16.5. The highest BCUT2D eigenvalue weighted by molar-refractivity contribution is 5.83. The molecular formula is C12H18O6. The lowest BCUT2D eigenvalue weighted by Gasteiger charge is -2.38. The van der Waals surface area contributed by atoms with Gasteiger partial charge in [-0.3, -0.25) is 14.4 Å². The topological polar surface area (TPSA) is 101 Å². The van der Waals surface area contributed by atoms with Crippen molar-refractivity contribution in [1.82, 2.24) is 0 Å². The molecular weight excluding hydrogens is 240 g/mol. The van der Waals surface area contributed by atoms with Gasteiger partial charge in [0.15, 0.2) is 0 Å². The lowest BCUT2D eigenvalue weighted by molar-refractivity contribution is -0.168. The van der Waals surface area contributed by atoms with Crippen molar-refractivity contribution < 1.29 is 29.3 Å². The molecule has 0 aromatic carbocycles. The summed E-state index contributed by atoms with van der Waals surface area (Å²) in [5.41, 5.74) is -1.31. The maximum Gasteiger partial charge on any atom is 0.310 e. The van der Waals surface area contributed by atoms with Crippen LogP contribution in [0.15, 0.2) is 0 Å². The van der Waals surface area contributed by atoms with E-state index in [1.54, 1.807) is 0 Å². The van der Waals surface area contributed by atoms with E-state index in [1.807, 2.05) is 0 Å². The molecule has 0 amide bonds. The Morgan fingerprint density at radius 3 is 2.44 bits per heavy atom. The summed E-state index contributed by atoms with van der Waals surface area (Å²) < 4.78 is 4.75. The number of carboxylic acids is 2. The fraction of sp³-hybridized carbons (Fsp3) is 0.750. The molecule has 0 heterocycles. The molecule has 0 radical (unpaired) electrons. The summed E-state index contributed by atoms with van der Waals surface area (Å²) in [5, 5.41) is 18.5. The first-order valence-electron chi connectivity index (χ1n) is 6.00. The number of rotatable bonds is 5. The average Bonchev–Trinajstić information content (AvgIpc) is 2.28. The molecule has 2 unspecified atom stereocenters. The predicted molar refractivity (Wildman–Crippen MR) is 60.9 cm³/mol. The minimum Gasteiger partial charge on any atom is -0.481 e. The van der Waals surface area contributed by atoms with Crippen LogP contribution in [0.4, 0.5) is 0 Å². The van der Waals surface area contributed by atoms with E-state index in [0.717, 1.165) is 6.42 Å². The van der Waals surface area contributed by atoms with Crippen molar-refractivity contribution in [2.45, 2.75) is 39.0 Å². The third-order valence-electron chi connectivity index (χ3n) is 3.61. The molecule has 0 spiro atoms. The van der Waals surface area contributed by atoms with Crippen molar-refractivity contribution in [1.29, 1.82) is 0 Å². The first kappa shape index (κ1) is 14.5. The van der Waals surface area contributed by atoms with Crippen molar-refractivity contribution in [3.05, 3.63) is 0 Å². The third kappa shape index (κ3) is 3.00. The van der Waals surface area contributed by atoms with Crippen LogP contribution in [0.25, 0.3) is 0 Å². The molecule has 1 aliphatic rings. The quantitative estimate of drug-likeness (QED) is 0.720. The SMILES string of the molecule is CC(=O)OCCC1(C(=O)O)CCCCC1C(=O)O. The molecule has 1 fully saturated rings. The van der Waals surface area contributed by atoms with Gasteiger partial charge < -0.3 is 14.9 Å². The second kappa shape index (κ2) is 5.84. The van der Waals surface area contributed by atoms with E-state index in [0.29, 0.717) is 19.3 Å². The minimum absolute atomic E-state index is 0.0502. The number of esters is 1. The van der Waals surface area contributed by atoms with Gasteiger partial charge in [-0.2, -0.15) is 0 Å². The van der Waals surface area contributed by atoms with E-state index >= 15 is 0 Å². The molecule has 1 rings (SSSR count). The number of hydrogen-bond acceptors (Lipinski definition) is 4. The van der Waals surface area contributed by atoms with E-state index in [2.05, 4.69) is 0 Å². The molecule has 18 heavy (non-hydrogen) atoms. The van der Waals surface area contributed by atoms with Gasteiger partial charge in [-0.05, 0) is 19.3 Å². The Morgan fingerprint density at radius 1 is 1.28 bits per heavy atom. The van der Waals surface area contributed by atoms with Crippen LogP contribution in [0.1, 0.15) is 39.0 Å². The molecule has 6 heteroatoms. The molecule has 102 valence electrons. The van der Waals surface area contributed by atoms with Crippen LogP contribution < -0.4 is 0 Å². The number of carboxylic acid groups (broad SMARTS) is 2. The number of ether oxygens (including phenoxy) is 1. The fourth-order valence-corrected chi connectivity index (χ4v) is 2.64. The summed E-state index contributed by atoms with van der Waals surface area (Å²) in [4.78, 5) is 33.4. The van der Waals surface area contributed by atoms with E-state index in [1.165, 1.54) is 6.92 Å². The Balaban J connectivity index is 2.85. The van der Waals surface area contributed by atoms with E-state index in [-0.39, 0.29) is 13.0 Å². The Hall–Kier alpha value is -1.59. The van der Waals surface area contributed by atoms with Crippen LogP contribution in [0, 0.1) is 11.3 Å². The minimum atomic E-state index is -1.31. The molecule has 0 aromatic heterocycles. The van der Waals surface area contributed by atoms with Crippen LogP contribution in [0.2, 0.25) is 0 Å². The van der Waals surface area contributed by atoms with Crippen LogP contribution in [-0.4, -0.2) is 34.7 Å². The molecule has 6 nitrogen and oxygen atoms in total. The van der Waals surface area contributed by atoms with Gasteiger partial charge in [0.1, 0.15) is 0 Å². The lowest BCUT2D eigenvalue weighted by Crippen LogP contribution is -2.45. The van der Waals surface area contributed by atoms with E-state index in [4.69, 9.17) is 9.84 Å². The summed E-state index contributed by atoms with van der Waals surface area (Å²) in [6, 6.07) is 0. The second-order valence-electron chi connectivity index (χ2n) is 4.69. The zero-order chi connectivity index (χ0) is 13.8. The van der Waals surface area contributed by atoms with Crippen LogP contribution in [0.3, 0.4) is 0 Å². The molecule has 0 aliphatic heterocycles. The molecule has 2 N–H and O–H groups in total. The number of hydrogen-bond donors (Lipinski definition) is 2. The normalized spacial score (nSPS) is 27.5. The standard InChI is InChI=1S/C12H18O6/c1-8(13)18-7-6-12(11(16)17)5-3-2-4-9(12)10(14)15/h9H,2-7H2,1H3,(H,14,15)(H,16,17). The highest BCUT2D eigenvalue weighted by Gasteiger charge is 2.50. The summed E-state index contributed by atoms with van der Waals surface area (Å²) in [6.45, 7) is 1.19. The van der Waals surface area contributed by atoms with Crippen molar-refractivity contribution in [3.63, 3.8) is 0 Å². The largest absolute Gasteiger partial charge is 0.481 e. The van der Waals surface area contributed by atoms with Crippen LogP contribution in [0.5, 0.6) is 0 Å². The van der Waals surface area contributed by atoms with Gasteiger partial charge in [0.2, 0.25) is 0 Å². The number of aliphatic carboxylic acids is 2. The summed E-state index contributed by atoms with van der Waals surface area (Å²) in [5.74, 6) is -3.58. The van der Waals surface area contributed by atoms with E-state index < -0.39 is 29.2 Å². The summed E-state index contributed by atoms with van der Waals surface area (Å²) in [6.07, 6.45) is 2.15. The Labute approximate surface area is 105 Å². The Morgan fingerprint density at radius 2 is 1.94 bits per heavy atom. The molecule has 0 saturated heterocycles. The smallest absolute Gasteiger partial charge is 0.310 e. The summed E-state index contributed by atoms with van der Waals surface area (Å²) >= 11 is 0. The molecule has 0 aromatic rings. The van der Waals surface area contributed by atoms with Crippen molar-refractivity contribution >= 4 is 17.9 Å².